The van der Waals surface area contributed by atoms with Crippen LogP contribution in [0.2, 0.25) is 5.02 Å². The summed E-state index contributed by atoms with van der Waals surface area (Å²) in [5, 5.41) is -0.688. The molecule has 0 atom stereocenters. The summed E-state index contributed by atoms with van der Waals surface area (Å²) < 4.78 is 92.5. The minimum Gasteiger partial charge on any atom is -0.429 e. The lowest BCUT2D eigenvalue weighted by Crippen LogP contribution is -2.21. The highest BCUT2D eigenvalue weighted by molar-refractivity contribution is 6.31. The Morgan fingerprint density at radius 2 is 1.11 bits per heavy atom. The van der Waals surface area contributed by atoms with Crippen molar-refractivity contribution in [2.24, 2.45) is 0 Å². The van der Waals surface area contributed by atoms with E-state index in [0.29, 0.717) is 11.1 Å². The highest BCUT2D eigenvalue weighted by atomic mass is 35.5. The van der Waals surface area contributed by atoms with Crippen LogP contribution in [0.25, 0.3) is 33.4 Å². The summed E-state index contributed by atoms with van der Waals surface area (Å²) in [6, 6.07) is 21.9. The van der Waals surface area contributed by atoms with Crippen LogP contribution in [0.1, 0.15) is 37.3 Å². The summed E-state index contributed by atoms with van der Waals surface area (Å²) in [6.07, 6.45) is 0.465. The topological polar surface area (TPSA) is 9.23 Å². The van der Waals surface area contributed by atoms with Crippen LogP contribution in [0.4, 0.5) is 26.3 Å². The summed E-state index contributed by atoms with van der Waals surface area (Å²) in [6.45, 7) is 2.11. The Labute approximate surface area is 256 Å². The van der Waals surface area contributed by atoms with Crippen LogP contribution in [0.5, 0.6) is 5.75 Å². The van der Waals surface area contributed by atoms with Crippen LogP contribution < -0.4 is 4.74 Å². The first-order chi connectivity index (χ1) is 21.1. The van der Waals surface area contributed by atoms with Gasteiger partial charge in [-0.2, -0.15) is 8.78 Å². The number of alkyl halides is 2. The number of hydrogen-bond donors (Lipinski definition) is 0. The molecule has 0 amide bonds. The molecule has 0 radical (unpaired) electrons. The molecule has 0 aromatic heterocycles. The molecule has 0 unspecified atom stereocenters. The molecule has 0 aliphatic carbocycles. The lowest BCUT2D eigenvalue weighted by atomic mass is 9.97. The van der Waals surface area contributed by atoms with Gasteiger partial charge in [0.2, 0.25) is 0 Å². The molecule has 0 bridgehead atoms. The molecule has 5 aromatic carbocycles. The van der Waals surface area contributed by atoms with Crippen LogP contribution in [0, 0.1) is 23.3 Å². The summed E-state index contributed by atoms with van der Waals surface area (Å²) in [7, 11) is 0. The van der Waals surface area contributed by atoms with Gasteiger partial charge in [-0.1, -0.05) is 79.9 Å². The Balaban J connectivity index is 1.29. The van der Waals surface area contributed by atoms with Gasteiger partial charge < -0.3 is 4.74 Å². The molecule has 0 aliphatic rings. The summed E-state index contributed by atoms with van der Waals surface area (Å²) in [4.78, 5) is 0. The van der Waals surface area contributed by atoms with Gasteiger partial charge in [0, 0.05) is 11.1 Å². The minimum absolute atomic E-state index is 0.0508. The zero-order valence-electron chi connectivity index (χ0n) is 23.6. The number of unbranched alkanes of at least 4 members (excludes halogenated alkanes) is 2. The number of aryl methyl sites for hydroxylation is 1. The average Bonchev–Trinajstić information content (AvgIpc) is 3.00. The second kappa shape index (κ2) is 13.2. The Bertz CT molecular complexity index is 1740. The molecule has 0 N–H and O–H groups in total. The number of rotatable bonds is 10. The number of halogens is 7. The Morgan fingerprint density at radius 3 is 1.70 bits per heavy atom. The third-order valence-electron chi connectivity index (χ3n) is 7.34. The van der Waals surface area contributed by atoms with Crippen molar-refractivity contribution in [3.8, 4) is 39.1 Å². The van der Waals surface area contributed by atoms with Crippen molar-refractivity contribution < 1.29 is 31.1 Å². The predicted octanol–water partition coefficient (Wildman–Crippen LogP) is 11.8. The molecule has 0 saturated carbocycles. The van der Waals surface area contributed by atoms with E-state index in [4.69, 9.17) is 16.3 Å². The van der Waals surface area contributed by atoms with E-state index < -0.39 is 34.4 Å². The fraction of sp³-hybridized carbons (Fsp3) is 0.167. The van der Waals surface area contributed by atoms with E-state index in [1.807, 2.05) is 0 Å². The molecule has 8 heteroatoms. The second-order valence-electron chi connectivity index (χ2n) is 10.4. The molecular weight excluding hydrogens is 598 g/mol. The van der Waals surface area contributed by atoms with Crippen molar-refractivity contribution in [3.63, 3.8) is 0 Å². The van der Waals surface area contributed by atoms with E-state index in [2.05, 4.69) is 6.92 Å². The summed E-state index contributed by atoms with van der Waals surface area (Å²) >= 11 is 5.51. The van der Waals surface area contributed by atoms with E-state index in [0.717, 1.165) is 49.4 Å². The van der Waals surface area contributed by atoms with Crippen molar-refractivity contribution in [2.75, 3.05) is 0 Å². The van der Waals surface area contributed by atoms with Crippen molar-refractivity contribution >= 4 is 11.6 Å². The summed E-state index contributed by atoms with van der Waals surface area (Å²) in [5.74, 6) is -3.56. The van der Waals surface area contributed by atoms with Crippen LogP contribution in [0.3, 0.4) is 0 Å². The molecule has 0 spiro atoms. The fourth-order valence-corrected chi connectivity index (χ4v) is 5.03. The largest absolute Gasteiger partial charge is 0.429 e. The number of hydrogen-bond acceptors (Lipinski definition) is 1. The van der Waals surface area contributed by atoms with Gasteiger partial charge in [0.25, 0.3) is 0 Å². The van der Waals surface area contributed by atoms with E-state index in [9.17, 15) is 22.0 Å². The maximum absolute atomic E-state index is 15.2. The highest BCUT2D eigenvalue weighted by Crippen LogP contribution is 2.35. The Kier molecular flexibility index (Phi) is 9.35. The standard InChI is InChI=1S/C36H27ClF6O/c1-2-3-4-5-22-6-12-27(13-7-22)36(42,43)44-28-14-8-23(9-15-28)24-10-16-29(31(38)18-24)25-11-17-30(32(39)19-25)26-20-33(40)35(37)34(41)21-26/h6-21H,2-5H2,1H3. The fourth-order valence-electron chi connectivity index (χ4n) is 4.92. The number of ether oxygens (including phenoxy) is 1. The van der Waals surface area contributed by atoms with Crippen molar-refractivity contribution in [3.05, 3.63) is 136 Å². The van der Waals surface area contributed by atoms with Crippen LogP contribution in [-0.2, 0) is 12.5 Å². The molecular formula is C36H27ClF6O. The monoisotopic (exact) mass is 624 g/mol. The van der Waals surface area contributed by atoms with E-state index in [-0.39, 0.29) is 33.6 Å². The first-order valence-corrected chi connectivity index (χ1v) is 14.4. The summed E-state index contributed by atoms with van der Waals surface area (Å²) in [5.41, 5.74) is 1.94. The van der Waals surface area contributed by atoms with Gasteiger partial charge in [-0.25, -0.2) is 17.6 Å². The van der Waals surface area contributed by atoms with Gasteiger partial charge in [-0.05, 0) is 89.2 Å². The Morgan fingerprint density at radius 1 is 0.591 bits per heavy atom. The van der Waals surface area contributed by atoms with Gasteiger partial charge in [0.05, 0.1) is 5.56 Å². The first kappa shape index (κ1) is 31.2. The second-order valence-corrected chi connectivity index (χ2v) is 10.8. The first-order valence-electron chi connectivity index (χ1n) is 14.1. The molecule has 0 heterocycles. The van der Waals surface area contributed by atoms with Gasteiger partial charge in [-0.15, -0.1) is 0 Å². The van der Waals surface area contributed by atoms with Crippen molar-refractivity contribution in [2.45, 2.75) is 38.7 Å². The lowest BCUT2D eigenvalue weighted by molar-refractivity contribution is -0.185. The van der Waals surface area contributed by atoms with Crippen LogP contribution in [0.15, 0.2) is 97.1 Å². The molecule has 5 aromatic rings. The third kappa shape index (κ3) is 6.94. The van der Waals surface area contributed by atoms with Crippen LogP contribution in [-0.4, -0.2) is 0 Å². The van der Waals surface area contributed by atoms with Crippen molar-refractivity contribution in [1.29, 1.82) is 0 Å². The highest BCUT2D eigenvalue weighted by Gasteiger charge is 2.34. The van der Waals surface area contributed by atoms with Gasteiger partial charge in [0.1, 0.15) is 34.0 Å². The van der Waals surface area contributed by atoms with Crippen molar-refractivity contribution in [1.82, 2.24) is 0 Å². The smallest absolute Gasteiger partial charge is 0.426 e. The number of benzene rings is 5. The maximum Gasteiger partial charge on any atom is 0.426 e. The third-order valence-corrected chi connectivity index (χ3v) is 7.70. The normalized spacial score (nSPS) is 11.5. The van der Waals surface area contributed by atoms with Gasteiger partial charge in [-0.3, -0.25) is 0 Å². The Hall–Kier alpha value is -4.23. The molecule has 0 fully saturated rings. The molecule has 226 valence electrons. The molecule has 5 rings (SSSR count). The minimum atomic E-state index is -3.54. The van der Waals surface area contributed by atoms with Crippen LogP contribution >= 0.6 is 11.6 Å². The van der Waals surface area contributed by atoms with E-state index >= 15 is 4.39 Å². The van der Waals surface area contributed by atoms with E-state index in [1.54, 1.807) is 18.2 Å². The quantitative estimate of drug-likeness (QED) is 0.0853. The lowest BCUT2D eigenvalue weighted by Gasteiger charge is -2.19. The molecule has 0 saturated heterocycles. The van der Waals surface area contributed by atoms with E-state index in [1.165, 1.54) is 60.7 Å². The maximum atomic E-state index is 15.2. The molecule has 1 nitrogen and oxygen atoms in total. The SMILES string of the molecule is CCCCCc1ccc(C(F)(F)Oc2ccc(-c3ccc(-c4ccc(-c5cc(F)c(Cl)c(F)c5)c(F)c4)c(F)c3)cc2)cc1. The van der Waals surface area contributed by atoms with Gasteiger partial charge in [0.15, 0.2) is 0 Å². The van der Waals surface area contributed by atoms with Gasteiger partial charge >= 0.3 is 6.11 Å². The zero-order chi connectivity index (χ0) is 31.4. The average molecular weight is 625 g/mol. The predicted molar refractivity (Wildman–Crippen MR) is 162 cm³/mol. The molecule has 0 aliphatic heterocycles. The zero-order valence-corrected chi connectivity index (χ0v) is 24.4. The molecule has 44 heavy (non-hydrogen) atoms.